The Morgan fingerprint density at radius 2 is 1.96 bits per heavy atom. The van der Waals surface area contributed by atoms with Gasteiger partial charge in [-0.1, -0.05) is 24.3 Å². The molecular weight excluding hydrogens is 314 g/mol. The first-order valence-corrected chi connectivity index (χ1v) is 9.55. The SMILES string of the molecule is CN1CCC[C@H](C(=O)NCc2ccccc2CN2CCC[C@H]2CO)C1. The predicted molar refractivity (Wildman–Crippen MR) is 99.0 cm³/mol. The summed E-state index contributed by atoms with van der Waals surface area (Å²) in [6.07, 6.45) is 4.32. The number of piperidine rings is 1. The van der Waals surface area contributed by atoms with Crippen molar-refractivity contribution < 1.29 is 9.90 Å². The maximum atomic E-state index is 12.5. The summed E-state index contributed by atoms with van der Waals surface area (Å²) in [7, 11) is 2.09. The average Bonchev–Trinajstić information content (AvgIpc) is 3.08. The first-order valence-electron chi connectivity index (χ1n) is 9.55. The Kier molecular flexibility index (Phi) is 6.45. The van der Waals surface area contributed by atoms with Gasteiger partial charge in [-0.05, 0) is 56.9 Å². The summed E-state index contributed by atoms with van der Waals surface area (Å²) in [4.78, 5) is 17.1. The summed E-state index contributed by atoms with van der Waals surface area (Å²) in [6, 6.07) is 8.61. The third-order valence-corrected chi connectivity index (χ3v) is 5.65. The van der Waals surface area contributed by atoms with Gasteiger partial charge in [0.15, 0.2) is 0 Å². The smallest absolute Gasteiger partial charge is 0.224 e. The highest BCUT2D eigenvalue weighted by molar-refractivity contribution is 5.79. The molecule has 2 saturated heterocycles. The molecule has 1 amide bonds. The molecule has 138 valence electrons. The van der Waals surface area contributed by atoms with Gasteiger partial charge in [-0.2, -0.15) is 0 Å². The third kappa shape index (κ3) is 4.81. The summed E-state index contributed by atoms with van der Waals surface area (Å²) in [5, 5.41) is 12.7. The van der Waals surface area contributed by atoms with Crippen LogP contribution < -0.4 is 5.32 Å². The number of amides is 1. The van der Waals surface area contributed by atoms with Crippen LogP contribution >= 0.6 is 0 Å². The Morgan fingerprint density at radius 3 is 2.72 bits per heavy atom. The molecule has 3 rings (SSSR count). The van der Waals surface area contributed by atoms with Crippen molar-refractivity contribution in [2.45, 2.75) is 44.8 Å². The van der Waals surface area contributed by atoms with Crippen molar-refractivity contribution in [3.8, 4) is 0 Å². The van der Waals surface area contributed by atoms with Crippen LogP contribution in [0.25, 0.3) is 0 Å². The molecule has 5 heteroatoms. The minimum Gasteiger partial charge on any atom is -0.395 e. The maximum Gasteiger partial charge on any atom is 0.224 e. The minimum atomic E-state index is 0.114. The molecule has 0 spiro atoms. The number of aliphatic hydroxyl groups is 1. The van der Waals surface area contributed by atoms with Gasteiger partial charge in [0.05, 0.1) is 12.5 Å². The van der Waals surface area contributed by atoms with Crippen molar-refractivity contribution in [2.24, 2.45) is 5.92 Å². The van der Waals surface area contributed by atoms with Gasteiger partial charge in [-0.3, -0.25) is 9.69 Å². The molecule has 0 unspecified atom stereocenters. The number of hydrogen-bond acceptors (Lipinski definition) is 4. The molecule has 25 heavy (non-hydrogen) atoms. The van der Waals surface area contributed by atoms with Crippen molar-refractivity contribution in [3.05, 3.63) is 35.4 Å². The van der Waals surface area contributed by atoms with E-state index in [2.05, 4.69) is 40.4 Å². The number of benzene rings is 1. The van der Waals surface area contributed by atoms with Crippen molar-refractivity contribution in [1.29, 1.82) is 0 Å². The predicted octanol–water partition coefficient (Wildman–Crippen LogP) is 1.60. The van der Waals surface area contributed by atoms with Crippen LogP contribution in [-0.2, 0) is 17.9 Å². The normalized spacial score (nSPS) is 25.2. The molecule has 1 aromatic carbocycles. The number of nitrogens with one attached hydrogen (secondary N) is 1. The van der Waals surface area contributed by atoms with Crippen LogP contribution in [0.4, 0.5) is 0 Å². The van der Waals surface area contributed by atoms with Crippen molar-refractivity contribution in [2.75, 3.05) is 33.3 Å². The van der Waals surface area contributed by atoms with Crippen LogP contribution in [0.3, 0.4) is 0 Å². The lowest BCUT2D eigenvalue weighted by molar-refractivity contribution is -0.126. The van der Waals surface area contributed by atoms with Gasteiger partial charge in [0.1, 0.15) is 0 Å². The van der Waals surface area contributed by atoms with E-state index in [4.69, 9.17) is 0 Å². The van der Waals surface area contributed by atoms with Crippen molar-refractivity contribution in [3.63, 3.8) is 0 Å². The number of carbonyl (C=O) groups excluding carboxylic acids is 1. The van der Waals surface area contributed by atoms with E-state index in [1.54, 1.807) is 0 Å². The number of hydrogen-bond donors (Lipinski definition) is 2. The maximum absolute atomic E-state index is 12.5. The first-order chi connectivity index (χ1) is 12.2. The number of rotatable bonds is 6. The summed E-state index contributed by atoms with van der Waals surface area (Å²) in [5.74, 6) is 0.291. The molecule has 2 heterocycles. The zero-order chi connectivity index (χ0) is 17.6. The van der Waals surface area contributed by atoms with Crippen LogP contribution in [0.5, 0.6) is 0 Å². The number of carbonyl (C=O) groups is 1. The van der Waals surface area contributed by atoms with Gasteiger partial charge in [0.2, 0.25) is 5.91 Å². The molecule has 0 radical (unpaired) electrons. The van der Waals surface area contributed by atoms with E-state index < -0.39 is 0 Å². The monoisotopic (exact) mass is 345 g/mol. The second-order valence-electron chi connectivity index (χ2n) is 7.54. The highest BCUT2D eigenvalue weighted by Crippen LogP contribution is 2.21. The molecule has 2 aliphatic heterocycles. The van der Waals surface area contributed by atoms with Crippen LogP contribution in [0.2, 0.25) is 0 Å². The Morgan fingerprint density at radius 1 is 1.20 bits per heavy atom. The molecule has 2 N–H and O–H groups in total. The zero-order valence-corrected chi connectivity index (χ0v) is 15.3. The molecule has 2 fully saturated rings. The van der Waals surface area contributed by atoms with Gasteiger partial charge < -0.3 is 15.3 Å². The standard InChI is InChI=1S/C20H31N3O2/c1-22-10-4-8-18(13-22)20(25)21-12-16-6-2-3-7-17(16)14-23-11-5-9-19(23)15-24/h2-3,6-7,18-19,24H,4-5,8-15H2,1H3,(H,21,25)/t18-,19-/m0/s1. The molecular formula is C20H31N3O2. The van der Waals surface area contributed by atoms with E-state index in [1.165, 1.54) is 11.1 Å². The van der Waals surface area contributed by atoms with E-state index in [-0.39, 0.29) is 24.5 Å². The largest absolute Gasteiger partial charge is 0.395 e. The molecule has 0 saturated carbocycles. The van der Waals surface area contributed by atoms with Crippen molar-refractivity contribution in [1.82, 2.24) is 15.1 Å². The van der Waals surface area contributed by atoms with E-state index in [1.807, 2.05) is 6.07 Å². The molecule has 2 atom stereocenters. The van der Waals surface area contributed by atoms with Crippen LogP contribution in [0.1, 0.15) is 36.8 Å². The van der Waals surface area contributed by atoms with Crippen LogP contribution in [0, 0.1) is 5.92 Å². The van der Waals surface area contributed by atoms with Gasteiger partial charge >= 0.3 is 0 Å². The molecule has 1 aromatic rings. The Balaban J connectivity index is 1.58. The lowest BCUT2D eigenvalue weighted by atomic mass is 9.97. The quantitative estimate of drug-likeness (QED) is 0.822. The molecule has 5 nitrogen and oxygen atoms in total. The number of aliphatic hydroxyl groups excluding tert-OH is 1. The van der Waals surface area contributed by atoms with Gasteiger partial charge in [0, 0.05) is 25.7 Å². The fourth-order valence-corrected chi connectivity index (χ4v) is 4.12. The molecule has 0 aliphatic carbocycles. The summed E-state index contributed by atoms with van der Waals surface area (Å²) in [5.41, 5.74) is 2.44. The molecule has 2 aliphatic rings. The highest BCUT2D eigenvalue weighted by atomic mass is 16.3. The van der Waals surface area contributed by atoms with E-state index in [0.29, 0.717) is 6.54 Å². The van der Waals surface area contributed by atoms with E-state index >= 15 is 0 Å². The van der Waals surface area contributed by atoms with E-state index in [9.17, 15) is 9.90 Å². The molecule has 0 bridgehead atoms. The fourth-order valence-electron chi connectivity index (χ4n) is 4.12. The first kappa shape index (κ1) is 18.4. The number of nitrogens with zero attached hydrogens (tertiary/aromatic N) is 2. The lowest BCUT2D eigenvalue weighted by Gasteiger charge is -2.29. The summed E-state index contributed by atoms with van der Waals surface area (Å²) < 4.78 is 0. The summed E-state index contributed by atoms with van der Waals surface area (Å²) in [6.45, 7) is 4.67. The van der Waals surface area contributed by atoms with Crippen molar-refractivity contribution >= 4 is 5.91 Å². The minimum absolute atomic E-state index is 0.114. The Hall–Kier alpha value is -1.43. The lowest BCUT2D eigenvalue weighted by Crippen LogP contribution is -2.41. The fraction of sp³-hybridized carbons (Fsp3) is 0.650. The second-order valence-corrected chi connectivity index (χ2v) is 7.54. The average molecular weight is 345 g/mol. The highest BCUT2D eigenvalue weighted by Gasteiger charge is 2.25. The summed E-state index contributed by atoms with van der Waals surface area (Å²) >= 11 is 0. The molecule has 0 aromatic heterocycles. The Labute approximate surface area is 151 Å². The van der Waals surface area contributed by atoms with E-state index in [0.717, 1.165) is 51.9 Å². The van der Waals surface area contributed by atoms with Gasteiger partial charge in [-0.15, -0.1) is 0 Å². The third-order valence-electron chi connectivity index (χ3n) is 5.65. The van der Waals surface area contributed by atoms with Crippen LogP contribution in [0.15, 0.2) is 24.3 Å². The topological polar surface area (TPSA) is 55.8 Å². The zero-order valence-electron chi connectivity index (χ0n) is 15.3. The second kappa shape index (κ2) is 8.79. The van der Waals surface area contributed by atoms with Crippen LogP contribution in [-0.4, -0.2) is 60.1 Å². The number of likely N-dealkylation sites (tertiary alicyclic amines) is 2. The van der Waals surface area contributed by atoms with Gasteiger partial charge in [-0.25, -0.2) is 0 Å². The van der Waals surface area contributed by atoms with Gasteiger partial charge in [0.25, 0.3) is 0 Å². The Bertz CT molecular complexity index is 578.